The molecule has 3 atom stereocenters. The summed E-state index contributed by atoms with van der Waals surface area (Å²) in [4.78, 5) is 0. The first-order valence-corrected chi connectivity index (χ1v) is 5.85. The van der Waals surface area contributed by atoms with Crippen LogP contribution >= 0.6 is 0 Å². The van der Waals surface area contributed by atoms with Crippen LogP contribution in [0.4, 0.5) is 0 Å². The number of rotatable bonds is 5. The second-order valence-electron chi connectivity index (χ2n) is 5.48. The zero-order valence-corrected chi connectivity index (χ0v) is 10.7. The van der Waals surface area contributed by atoms with Gasteiger partial charge in [-0.15, -0.1) is 0 Å². The monoisotopic (exact) mass is 215 g/mol. The largest absolute Gasteiger partial charge is 0.377 e. The normalized spacial score (nSPS) is 31.4. The van der Waals surface area contributed by atoms with E-state index in [-0.39, 0.29) is 12.2 Å². The summed E-state index contributed by atoms with van der Waals surface area (Å²) in [7, 11) is 1.77. The molecule has 0 bridgehead atoms. The second kappa shape index (κ2) is 5.28. The van der Waals surface area contributed by atoms with Gasteiger partial charge in [0.1, 0.15) is 0 Å². The lowest BCUT2D eigenvalue weighted by molar-refractivity contribution is -0.132. The van der Waals surface area contributed by atoms with Crippen molar-refractivity contribution in [1.82, 2.24) is 5.32 Å². The van der Waals surface area contributed by atoms with Gasteiger partial charge in [0, 0.05) is 26.3 Å². The minimum atomic E-state index is 0.229. The first-order valence-electron chi connectivity index (χ1n) is 5.85. The third-order valence-electron chi connectivity index (χ3n) is 2.80. The fourth-order valence-corrected chi connectivity index (χ4v) is 1.91. The van der Waals surface area contributed by atoms with Gasteiger partial charge in [-0.3, -0.25) is 0 Å². The van der Waals surface area contributed by atoms with Crippen LogP contribution in [0, 0.1) is 5.41 Å². The third-order valence-corrected chi connectivity index (χ3v) is 2.80. The van der Waals surface area contributed by atoms with Crippen LogP contribution in [-0.2, 0) is 9.47 Å². The van der Waals surface area contributed by atoms with Gasteiger partial charge in [-0.05, 0) is 18.8 Å². The Hall–Kier alpha value is -0.120. The van der Waals surface area contributed by atoms with E-state index >= 15 is 0 Å². The zero-order chi connectivity index (χ0) is 11.5. The molecule has 0 heterocycles. The summed E-state index contributed by atoms with van der Waals surface area (Å²) >= 11 is 0. The zero-order valence-electron chi connectivity index (χ0n) is 10.7. The quantitative estimate of drug-likeness (QED) is 0.759. The summed E-state index contributed by atoms with van der Waals surface area (Å²) in [5, 5.41) is 3.54. The van der Waals surface area contributed by atoms with Gasteiger partial charge in [0.25, 0.3) is 0 Å². The maximum Gasteiger partial charge on any atom is 0.0986 e. The molecule has 0 amide bonds. The van der Waals surface area contributed by atoms with Gasteiger partial charge in [-0.1, -0.05) is 20.8 Å². The SMILES string of the molecule is CCOC1CC(NCC(C)(C)C)C1OC. The summed E-state index contributed by atoms with van der Waals surface area (Å²) in [6, 6.07) is 0.464. The molecular formula is C12H25NO2. The highest BCUT2D eigenvalue weighted by Gasteiger charge is 2.42. The predicted octanol–water partition coefficient (Wildman–Crippen LogP) is 1.81. The standard InChI is InChI=1S/C12H25NO2/c1-6-15-10-7-9(11(10)14-5)13-8-12(2,3)4/h9-11,13H,6-8H2,1-5H3. The van der Waals surface area contributed by atoms with Crippen molar-refractivity contribution in [2.45, 2.75) is 52.4 Å². The van der Waals surface area contributed by atoms with Crippen LogP contribution in [-0.4, -0.2) is 38.5 Å². The fourth-order valence-electron chi connectivity index (χ4n) is 1.91. The molecule has 0 aromatic rings. The first kappa shape index (κ1) is 12.9. The molecule has 15 heavy (non-hydrogen) atoms. The summed E-state index contributed by atoms with van der Waals surface area (Å²) in [6.45, 7) is 10.5. The van der Waals surface area contributed by atoms with E-state index in [1.54, 1.807) is 7.11 Å². The lowest BCUT2D eigenvalue weighted by atomic mass is 9.84. The van der Waals surface area contributed by atoms with Gasteiger partial charge in [-0.25, -0.2) is 0 Å². The van der Waals surface area contributed by atoms with E-state index in [9.17, 15) is 0 Å². The predicted molar refractivity (Wildman–Crippen MR) is 62.1 cm³/mol. The van der Waals surface area contributed by atoms with Gasteiger partial charge in [0.2, 0.25) is 0 Å². The van der Waals surface area contributed by atoms with E-state index in [4.69, 9.17) is 9.47 Å². The van der Waals surface area contributed by atoms with Crippen LogP contribution in [0.3, 0.4) is 0 Å². The number of nitrogens with one attached hydrogen (secondary N) is 1. The highest BCUT2D eigenvalue weighted by atomic mass is 16.5. The average molecular weight is 215 g/mol. The molecule has 0 saturated heterocycles. The molecule has 0 aliphatic heterocycles. The van der Waals surface area contributed by atoms with Crippen LogP contribution in [0.5, 0.6) is 0 Å². The number of hydrogen-bond donors (Lipinski definition) is 1. The van der Waals surface area contributed by atoms with Crippen LogP contribution < -0.4 is 5.32 Å². The Morgan fingerprint density at radius 3 is 2.47 bits per heavy atom. The van der Waals surface area contributed by atoms with Crippen molar-refractivity contribution in [3.05, 3.63) is 0 Å². The van der Waals surface area contributed by atoms with Gasteiger partial charge in [0.15, 0.2) is 0 Å². The second-order valence-corrected chi connectivity index (χ2v) is 5.48. The van der Waals surface area contributed by atoms with E-state index in [1.807, 2.05) is 6.92 Å². The smallest absolute Gasteiger partial charge is 0.0986 e. The Morgan fingerprint density at radius 1 is 1.33 bits per heavy atom. The minimum Gasteiger partial charge on any atom is -0.377 e. The Balaban J connectivity index is 2.27. The average Bonchev–Trinajstić information content (AvgIpc) is 2.08. The highest BCUT2D eigenvalue weighted by Crippen LogP contribution is 2.27. The Kier molecular flexibility index (Phi) is 4.56. The van der Waals surface area contributed by atoms with Crippen molar-refractivity contribution in [2.24, 2.45) is 5.41 Å². The number of hydrogen-bond acceptors (Lipinski definition) is 3. The molecule has 0 aromatic heterocycles. The molecule has 90 valence electrons. The van der Waals surface area contributed by atoms with E-state index in [0.717, 1.165) is 19.6 Å². The molecule has 0 aromatic carbocycles. The van der Waals surface area contributed by atoms with Crippen LogP contribution in [0.15, 0.2) is 0 Å². The van der Waals surface area contributed by atoms with E-state index in [1.165, 1.54) is 0 Å². The molecule has 1 N–H and O–H groups in total. The van der Waals surface area contributed by atoms with E-state index in [0.29, 0.717) is 11.5 Å². The van der Waals surface area contributed by atoms with E-state index in [2.05, 4.69) is 26.1 Å². The Bertz CT molecular complexity index is 189. The third kappa shape index (κ3) is 3.74. The first-order chi connectivity index (χ1) is 6.98. The number of ether oxygens (including phenoxy) is 2. The van der Waals surface area contributed by atoms with Gasteiger partial charge < -0.3 is 14.8 Å². The van der Waals surface area contributed by atoms with Crippen molar-refractivity contribution in [3.63, 3.8) is 0 Å². The van der Waals surface area contributed by atoms with Gasteiger partial charge >= 0.3 is 0 Å². The van der Waals surface area contributed by atoms with Crippen LogP contribution in [0.2, 0.25) is 0 Å². The lowest BCUT2D eigenvalue weighted by Crippen LogP contribution is -2.60. The Morgan fingerprint density at radius 2 is 2.00 bits per heavy atom. The molecular weight excluding hydrogens is 190 g/mol. The molecule has 1 fully saturated rings. The molecule has 3 nitrogen and oxygen atoms in total. The van der Waals surface area contributed by atoms with Crippen molar-refractivity contribution in [2.75, 3.05) is 20.3 Å². The van der Waals surface area contributed by atoms with Gasteiger partial charge in [0.05, 0.1) is 12.2 Å². The van der Waals surface area contributed by atoms with Crippen LogP contribution in [0.1, 0.15) is 34.1 Å². The molecule has 1 aliphatic carbocycles. The molecule has 1 aliphatic rings. The topological polar surface area (TPSA) is 30.5 Å². The Labute approximate surface area is 93.5 Å². The van der Waals surface area contributed by atoms with Gasteiger partial charge in [-0.2, -0.15) is 0 Å². The van der Waals surface area contributed by atoms with E-state index < -0.39 is 0 Å². The lowest BCUT2D eigenvalue weighted by Gasteiger charge is -2.44. The van der Waals surface area contributed by atoms with Crippen molar-refractivity contribution in [1.29, 1.82) is 0 Å². The van der Waals surface area contributed by atoms with Crippen molar-refractivity contribution < 1.29 is 9.47 Å². The summed E-state index contributed by atoms with van der Waals surface area (Å²) < 4.78 is 11.0. The number of methoxy groups -OCH3 is 1. The molecule has 1 rings (SSSR count). The molecule has 1 saturated carbocycles. The molecule has 0 spiro atoms. The molecule has 3 unspecified atom stereocenters. The summed E-state index contributed by atoms with van der Waals surface area (Å²) in [6.07, 6.45) is 1.59. The molecule has 3 heteroatoms. The summed E-state index contributed by atoms with van der Waals surface area (Å²) in [5.74, 6) is 0. The highest BCUT2D eigenvalue weighted by molar-refractivity contribution is 4.97. The fraction of sp³-hybridized carbons (Fsp3) is 1.00. The van der Waals surface area contributed by atoms with Crippen LogP contribution in [0.25, 0.3) is 0 Å². The molecule has 0 radical (unpaired) electrons. The van der Waals surface area contributed by atoms with Crippen molar-refractivity contribution >= 4 is 0 Å². The summed E-state index contributed by atoms with van der Waals surface area (Å²) in [5.41, 5.74) is 0.328. The van der Waals surface area contributed by atoms with Crippen molar-refractivity contribution in [3.8, 4) is 0 Å². The minimum absolute atomic E-state index is 0.229. The maximum atomic E-state index is 5.58. The maximum absolute atomic E-state index is 5.58.